The molecule has 9 nitrogen and oxygen atoms in total. The third-order valence-corrected chi connectivity index (χ3v) is 4.40. The molecule has 1 aromatic carbocycles. The van der Waals surface area contributed by atoms with E-state index in [1.165, 1.54) is 6.92 Å². The van der Waals surface area contributed by atoms with Crippen molar-refractivity contribution in [2.24, 2.45) is 0 Å². The average molecular weight is 370 g/mol. The van der Waals surface area contributed by atoms with E-state index >= 15 is 0 Å². The standard InChI is InChI=1S/C17H26N2O7/c1-9(21)19-14-12(22)7-17(25,6-10-2-4-11(18)5-3-10)26-16(14)15(24)13(23)8-20/h2-5,12-16,20,22-25H,6-8,18H2,1H3,(H,19,21)/t12-,13+,14+,15+,16+,17+/m0/s1. The van der Waals surface area contributed by atoms with E-state index in [4.69, 9.17) is 15.6 Å². The normalized spacial score (nSPS) is 31.2. The summed E-state index contributed by atoms with van der Waals surface area (Å²) in [6.07, 6.45) is -6.00. The summed E-state index contributed by atoms with van der Waals surface area (Å²) in [5.74, 6) is -2.32. The second-order valence-corrected chi connectivity index (χ2v) is 6.69. The van der Waals surface area contributed by atoms with E-state index in [1.807, 2.05) is 0 Å². The lowest BCUT2D eigenvalue weighted by molar-refractivity contribution is -0.300. The van der Waals surface area contributed by atoms with Gasteiger partial charge >= 0.3 is 0 Å². The van der Waals surface area contributed by atoms with Crippen LogP contribution in [0.2, 0.25) is 0 Å². The summed E-state index contributed by atoms with van der Waals surface area (Å²) >= 11 is 0. The Morgan fingerprint density at radius 3 is 2.54 bits per heavy atom. The lowest BCUT2D eigenvalue weighted by Gasteiger charge is -2.46. The van der Waals surface area contributed by atoms with Crippen molar-refractivity contribution in [2.75, 3.05) is 12.3 Å². The van der Waals surface area contributed by atoms with Crippen LogP contribution in [0.4, 0.5) is 5.69 Å². The third kappa shape index (κ3) is 4.91. The molecular weight excluding hydrogens is 344 g/mol. The molecule has 8 N–H and O–H groups in total. The van der Waals surface area contributed by atoms with Gasteiger partial charge in [-0.1, -0.05) is 12.1 Å². The van der Waals surface area contributed by atoms with Crippen molar-refractivity contribution in [1.29, 1.82) is 0 Å². The number of rotatable bonds is 6. The van der Waals surface area contributed by atoms with Crippen LogP contribution in [-0.2, 0) is 16.0 Å². The molecule has 1 aliphatic heterocycles. The third-order valence-electron chi connectivity index (χ3n) is 4.40. The van der Waals surface area contributed by atoms with Crippen LogP contribution in [0.3, 0.4) is 0 Å². The van der Waals surface area contributed by atoms with Crippen molar-refractivity contribution >= 4 is 11.6 Å². The second-order valence-electron chi connectivity index (χ2n) is 6.69. The molecule has 0 radical (unpaired) electrons. The lowest BCUT2D eigenvalue weighted by Crippen LogP contribution is -2.66. The smallest absolute Gasteiger partial charge is 0.217 e. The van der Waals surface area contributed by atoms with E-state index < -0.39 is 48.8 Å². The average Bonchev–Trinajstić information content (AvgIpc) is 2.57. The molecule has 0 spiro atoms. The Morgan fingerprint density at radius 1 is 1.38 bits per heavy atom. The molecule has 2 rings (SSSR count). The number of hydrogen-bond acceptors (Lipinski definition) is 8. The van der Waals surface area contributed by atoms with E-state index in [2.05, 4.69) is 5.32 Å². The van der Waals surface area contributed by atoms with Gasteiger partial charge in [-0.3, -0.25) is 4.79 Å². The molecule has 1 heterocycles. The fraction of sp³-hybridized carbons (Fsp3) is 0.588. The number of benzene rings is 1. The van der Waals surface area contributed by atoms with Crippen LogP contribution in [0.5, 0.6) is 0 Å². The Kier molecular flexibility index (Phi) is 6.56. The van der Waals surface area contributed by atoms with Crippen molar-refractivity contribution in [3.8, 4) is 0 Å². The van der Waals surface area contributed by atoms with Crippen LogP contribution in [0.25, 0.3) is 0 Å². The number of amides is 1. The Labute approximate surface area is 151 Å². The Bertz CT molecular complexity index is 612. The van der Waals surface area contributed by atoms with E-state index in [9.17, 15) is 25.2 Å². The number of aliphatic hydroxyl groups excluding tert-OH is 4. The molecular formula is C17H26N2O7. The molecule has 0 aromatic heterocycles. The summed E-state index contributed by atoms with van der Waals surface area (Å²) in [4.78, 5) is 11.4. The number of nitrogens with two attached hydrogens (primary N) is 1. The van der Waals surface area contributed by atoms with E-state index in [0.29, 0.717) is 11.3 Å². The van der Waals surface area contributed by atoms with Crippen molar-refractivity contribution in [2.45, 2.75) is 56.0 Å². The maximum Gasteiger partial charge on any atom is 0.217 e. The number of carbonyl (C=O) groups excluding carboxylic acids is 1. The molecule has 146 valence electrons. The first-order valence-corrected chi connectivity index (χ1v) is 8.32. The summed E-state index contributed by atoms with van der Waals surface area (Å²) in [7, 11) is 0. The fourth-order valence-electron chi connectivity index (χ4n) is 3.14. The highest BCUT2D eigenvalue weighted by Crippen LogP contribution is 2.33. The number of aliphatic hydroxyl groups is 5. The number of hydrogen-bond donors (Lipinski definition) is 7. The second kappa shape index (κ2) is 8.30. The quantitative estimate of drug-likeness (QED) is 0.279. The van der Waals surface area contributed by atoms with Crippen LogP contribution in [0, 0.1) is 0 Å². The molecule has 9 heteroatoms. The molecule has 0 bridgehead atoms. The molecule has 0 unspecified atom stereocenters. The molecule has 1 aromatic rings. The lowest BCUT2D eigenvalue weighted by atomic mass is 9.86. The minimum atomic E-state index is -1.84. The molecule has 0 saturated carbocycles. The van der Waals surface area contributed by atoms with Gasteiger partial charge in [-0.25, -0.2) is 0 Å². The molecule has 26 heavy (non-hydrogen) atoms. The summed E-state index contributed by atoms with van der Waals surface area (Å²) in [6, 6.07) is 5.63. The highest BCUT2D eigenvalue weighted by Gasteiger charge is 2.49. The summed E-state index contributed by atoms with van der Waals surface area (Å²) in [5.41, 5.74) is 6.87. The molecule has 0 aliphatic carbocycles. The minimum Gasteiger partial charge on any atom is -0.399 e. The summed E-state index contributed by atoms with van der Waals surface area (Å²) in [5, 5.41) is 52.7. The molecule has 6 atom stereocenters. The zero-order chi connectivity index (χ0) is 19.5. The van der Waals surface area contributed by atoms with E-state index in [0.717, 1.165) is 0 Å². The van der Waals surface area contributed by atoms with Gasteiger partial charge in [0, 0.05) is 25.5 Å². The highest BCUT2D eigenvalue weighted by atomic mass is 16.6. The number of nitrogens with one attached hydrogen (secondary N) is 1. The van der Waals surface area contributed by atoms with Crippen LogP contribution >= 0.6 is 0 Å². The van der Waals surface area contributed by atoms with Crippen LogP contribution < -0.4 is 11.1 Å². The van der Waals surface area contributed by atoms with Gasteiger partial charge in [0.25, 0.3) is 0 Å². The predicted molar refractivity (Wildman–Crippen MR) is 91.7 cm³/mol. The van der Waals surface area contributed by atoms with Crippen LogP contribution in [-0.4, -0.2) is 74.3 Å². The Balaban J connectivity index is 2.25. The maximum atomic E-state index is 11.4. The topological polar surface area (TPSA) is 166 Å². The van der Waals surface area contributed by atoms with Gasteiger partial charge in [-0.2, -0.15) is 0 Å². The maximum absolute atomic E-state index is 11.4. The monoisotopic (exact) mass is 370 g/mol. The van der Waals surface area contributed by atoms with Gasteiger partial charge in [-0.05, 0) is 17.7 Å². The number of ether oxygens (including phenoxy) is 1. The highest BCUT2D eigenvalue weighted by molar-refractivity contribution is 5.73. The first kappa shape index (κ1) is 20.6. The summed E-state index contributed by atoms with van der Waals surface area (Å²) < 4.78 is 5.61. The predicted octanol–water partition coefficient (Wildman–Crippen LogP) is -2.13. The molecule has 1 saturated heterocycles. The number of anilines is 1. The zero-order valence-electron chi connectivity index (χ0n) is 14.4. The van der Waals surface area contributed by atoms with Gasteiger partial charge in [0.15, 0.2) is 5.79 Å². The van der Waals surface area contributed by atoms with Gasteiger partial charge < -0.3 is 41.3 Å². The van der Waals surface area contributed by atoms with Crippen molar-refractivity contribution in [3.63, 3.8) is 0 Å². The number of carbonyl (C=O) groups is 1. The SMILES string of the molecule is CC(=O)N[C@H]1[C@H]([C@H](O)[C@H](O)CO)O[C@](O)(Cc2ccc(N)cc2)C[C@@H]1O. The molecule has 1 amide bonds. The molecule has 1 aliphatic rings. The van der Waals surface area contributed by atoms with Crippen LogP contribution in [0.1, 0.15) is 18.9 Å². The Hall–Kier alpha value is -1.75. The Morgan fingerprint density at radius 2 is 2.00 bits per heavy atom. The zero-order valence-corrected chi connectivity index (χ0v) is 14.4. The fourth-order valence-corrected chi connectivity index (χ4v) is 3.14. The largest absolute Gasteiger partial charge is 0.399 e. The van der Waals surface area contributed by atoms with E-state index in [1.54, 1.807) is 24.3 Å². The van der Waals surface area contributed by atoms with E-state index in [-0.39, 0.29) is 12.8 Å². The minimum absolute atomic E-state index is 0.00439. The van der Waals surface area contributed by atoms with Gasteiger partial charge in [0.1, 0.15) is 18.3 Å². The first-order chi connectivity index (χ1) is 12.1. The van der Waals surface area contributed by atoms with Crippen molar-refractivity contribution in [3.05, 3.63) is 29.8 Å². The van der Waals surface area contributed by atoms with Crippen molar-refractivity contribution in [1.82, 2.24) is 5.32 Å². The summed E-state index contributed by atoms with van der Waals surface area (Å²) in [6.45, 7) is 0.480. The van der Waals surface area contributed by atoms with Gasteiger partial charge in [0.2, 0.25) is 5.91 Å². The first-order valence-electron chi connectivity index (χ1n) is 8.32. The van der Waals surface area contributed by atoms with Gasteiger partial charge in [0.05, 0.1) is 18.8 Å². The van der Waals surface area contributed by atoms with Gasteiger partial charge in [-0.15, -0.1) is 0 Å². The molecule has 1 fully saturated rings. The van der Waals surface area contributed by atoms with Crippen molar-refractivity contribution < 1.29 is 35.1 Å². The number of nitrogen functional groups attached to an aromatic ring is 1. The van der Waals surface area contributed by atoms with Crippen LogP contribution in [0.15, 0.2) is 24.3 Å².